The lowest BCUT2D eigenvalue weighted by Gasteiger charge is -1.97. The Bertz CT molecular complexity index is 577. The highest BCUT2D eigenvalue weighted by atomic mass is 16.1. The zero-order valence-corrected chi connectivity index (χ0v) is 9.08. The van der Waals surface area contributed by atoms with Crippen LogP contribution >= 0.6 is 0 Å². The number of nitrogens with zero attached hydrogens (tertiary/aromatic N) is 4. The largest absolute Gasteiger partial charge is 0.288 e. The second-order valence-corrected chi connectivity index (χ2v) is 3.21. The monoisotopic (exact) mass is 230 g/mol. The molecule has 2 aromatic heterocycles. The molecule has 0 atom stereocenters. The van der Waals surface area contributed by atoms with Gasteiger partial charge >= 0.3 is 0 Å². The van der Waals surface area contributed by atoms with E-state index in [0.717, 1.165) is 0 Å². The Labute approximate surface area is 96.6 Å². The lowest BCUT2D eigenvalue weighted by Crippen LogP contribution is -2.15. The Hall–Kier alpha value is -2.57. The van der Waals surface area contributed by atoms with E-state index in [1.165, 1.54) is 6.21 Å². The number of H-pyrrole nitrogens is 1. The van der Waals surface area contributed by atoms with Crippen molar-refractivity contribution in [3.8, 4) is 0 Å². The molecule has 0 aliphatic rings. The normalized spacial score (nSPS) is 10.6. The molecule has 0 saturated carbocycles. The quantitative estimate of drug-likeness (QED) is 0.584. The maximum Gasteiger partial charge on any atom is 0.274 e. The van der Waals surface area contributed by atoms with Crippen molar-refractivity contribution < 1.29 is 0 Å². The molecule has 0 amide bonds. The molecule has 0 aliphatic heterocycles. The maximum absolute atomic E-state index is 11.2. The Balaban J connectivity index is 2.05. The van der Waals surface area contributed by atoms with Crippen molar-refractivity contribution in [2.45, 2.75) is 6.92 Å². The van der Waals surface area contributed by atoms with Crippen molar-refractivity contribution in [1.82, 2.24) is 20.2 Å². The first-order valence-electron chi connectivity index (χ1n) is 4.89. The summed E-state index contributed by atoms with van der Waals surface area (Å²) >= 11 is 0. The van der Waals surface area contributed by atoms with Crippen molar-refractivity contribution in [3.63, 3.8) is 0 Å². The first kappa shape index (κ1) is 10.9. The molecule has 0 aliphatic carbocycles. The number of aromatic nitrogens is 4. The summed E-state index contributed by atoms with van der Waals surface area (Å²) < 4.78 is 0. The predicted octanol–water partition coefficient (Wildman–Crippen LogP) is 0.314. The number of nitrogens with one attached hydrogen (secondary N) is 2. The molecule has 2 rings (SSSR count). The van der Waals surface area contributed by atoms with Crippen molar-refractivity contribution >= 4 is 12.2 Å². The molecular weight excluding hydrogens is 220 g/mol. The predicted molar refractivity (Wildman–Crippen MR) is 62.8 cm³/mol. The summed E-state index contributed by atoms with van der Waals surface area (Å²) in [4.78, 5) is 17.7. The van der Waals surface area contributed by atoms with Crippen LogP contribution in [0.25, 0.3) is 0 Å². The number of anilines is 1. The lowest BCUT2D eigenvalue weighted by atomic mass is 10.4. The SMILES string of the molecule is Cc1nnc(NN=Cc2ccccn2)[nH]c1=O. The molecule has 0 aromatic carbocycles. The summed E-state index contributed by atoms with van der Waals surface area (Å²) in [5, 5.41) is 11.3. The zero-order chi connectivity index (χ0) is 12.1. The van der Waals surface area contributed by atoms with Gasteiger partial charge in [-0.3, -0.25) is 14.8 Å². The topological polar surface area (TPSA) is 95.9 Å². The van der Waals surface area contributed by atoms with Crippen LogP contribution in [-0.4, -0.2) is 26.4 Å². The summed E-state index contributed by atoms with van der Waals surface area (Å²) in [6, 6.07) is 5.46. The molecule has 0 radical (unpaired) electrons. The molecule has 86 valence electrons. The van der Waals surface area contributed by atoms with Crippen LogP contribution in [0.5, 0.6) is 0 Å². The van der Waals surface area contributed by atoms with Gasteiger partial charge in [-0.05, 0) is 19.1 Å². The third-order valence-corrected chi connectivity index (χ3v) is 1.92. The van der Waals surface area contributed by atoms with Crippen LogP contribution in [0, 0.1) is 6.92 Å². The van der Waals surface area contributed by atoms with E-state index >= 15 is 0 Å². The summed E-state index contributed by atoms with van der Waals surface area (Å²) in [5.74, 6) is 0.188. The first-order valence-corrected chi connectivity index (χ1v) is 4.89. The van der Waals surface area contributed by atoms with E-state index in [4.69, 9.17) is 0 Å². The Morgan fingerprint density at radius 3 is 3.00 bits per heavy atom. The van der Waals surface area contributed by atoms with Crippen LogP contribution in [0.1, 0.15) is 11.4 Å². The van der Waals surface area contributed by atoms with E-state index in [9.17, 15) is 4.79 Å². The second-order valence-electron chi connectivity index (χ2n) is 3.21. The Morgan fingerprint density at radius 1 is 1.41 bits per heavy atom. The van der Waals surface area contributed by atoms with Gasteiger partial charge in [0.15, 0.2) is 0 Å². The fraction of sp³-hybridized carbons (Fsp3) is 0.100. The number of hydrazone groups is 1. The highest BCUT2D eigenvalue weighted by molar-refractivity contribution is 5.77. The third-order valence-electron chi connectivity index (χ3n) is 1.92. The van der Waals surface area contributed by atoms with Crippen LogP contribution in [0.2, 0.25) is 0 Å². The van der Waals surface area contributed by atoms with Crippen molar-refractivity contribution in [2.24, 2.45) is 5.10 Å². The summed E-state index contributed by atoms with van der Waals surface area (Å²) in [7, 11) is 0. The number of hydrogen-bond acceptors (Lipinski definition) is 6. The molecule has 0 fully saturated rings. The molecule has 0 unspecified atom stereocenters. The summed E-state index contributed by atoms with van der Waals surface area (Å²) in [6.45, 7) is 1.58. The van der Waals surface area contributed by atoms with Crippen molar-refractivity contribution in [2.75, 3.05) is 5.43 Å². The van der Waals surface area contributed by atoms with Gasteiger partial charge in [0, 0.05) is 6.20 Å². The average molecular weight is 230 g/mol. The highest BCUT2D eigenvalue weighted by Gasteiger charge is 1.97. The summed E-state index contributed by atoms with van der Waals surface area (Å²) in [5.41, 5.74) is 3.27. The van der Waals surface area contributed by atoms with E-state index in [-0.39, 0.29) is 11.5 Å². The molecule has 7 heteroatoms. The van der Waals surface area contributed by atoms with Crippen molar-refractivity contribution in [1.29, 1.82) is 0 Å². The molecule has 2 N–H and O–H groups in total. The Kier molecular flexibility index (Phi) is 3.20. The van der Waals surface area contributed by atoms with E-state index < -0.39 is 0 Å². The molecule has 0 saturated heterocycles. The number of aryl methyl sites for hydroxylation is 1. The number of hydrogen-bond donors (Lipinski definition) is 2. The van der Waals surface area contributed by atoms with Crippen LogP contribution < -0.4 is 11.0 Å². The third kappa shape index (κ3) is 2.94. The minimum absolute atomic E-state index is 0.188. The first-order chi connectivity index (χ1) is 8.25. The minimum Gasteiger partial charge on any atom is -0.288 e. The molecule has 0 bridgehead atoms. The zero-order valence-electron chi connectivity index (χ0n) is 9.08. The second kappa shape index (κ2) is 4.97. The molecular formula is C10H10N6O. The lowest BCUT2D eigenvalue weighted by molar-refractivity contribution is 0.897. The van der Waals surface area contributed by atoms with Gasteiger partial charge in [-0.15, -0.1) is 10.2 Å². The van der Waals surface area contributed by atoms with Gasteiger partial charge in [0.1, 0.15) is 5.69 Å². The fourth-order valence-electron chi connectivity index (χ4n) is 1.06. The van der Waals surface area contributed by atoms with Crippen LogP contribution in [0.3, 0.4) is 0 Å². The molecule has 0 spiro atoms. The summed E-state index contributed by atoms with van der Waals surface area (Å²) in [6.07, 6.45) is 3.18. The van der Waals surface area contributed by atoms with Crippen molar-refractivity contribution in [3.05, 3.63) is 46.1 Å². The van der Waals surface area contributed by atoms with Gasteiger partial charge in [0.05, 0.1) is 11.9 Å². The van der Waals surface area contributed by atoms with Gasteiger partial charge < -0.3 is 0 Å². The fourth-order valence-corrected chi connectivity index (χ4v) is 1.06. The average Bonchev–Trinajstić information content (AvgIpc) is 2.35. The standard InChI is InChI=1S/C10H10N6O/c1-7-9(17)13-10(16-14-7)15-12-6-8-4-2-3-5-11-8/h2-6H,1H3,(H2,13,15,16,17). The van der Waals surface area contributed by atoms with Gasteiger partial charge in [0.2, 0.25) is 5.95 Å². The number of rotatable bonds is 3. The minimum atomic E-state index is -0.296. The van der Waals surface area contributed by atoms with Gasteiger partial charge in [-0.25, -0.2) is 5.43 Å². The van der Waals surface area contributed by atoms with Gasteiger partial charge in [-0.1, -0.05) is 6.07 Å². The molecule has 2 heterocycles. The molecule has 7 nitrogen and oxygen atoms in total. The van der Waals surface area contributed by atoms with Gasteiger partial charge in [0.25, 0.3) is 5.56 Å². The van der Waals surface area contributed by atoms with Gasteiger partial charge in [-0.2, -0.15) is 5.10 Å². The smallest absolute Gasteiger partial charge is 0.274 e. The van der Waals surface area contributed by atoms with Crippen LogP contribution in [-0.2, 0) is 0 Å². The molecule has 2 aromatic rings. The van der Waals surface area contributed by atoms with E-state index in [1.807, 2.05) is 12.1 Å². The van der Waals surface area contributed by atoms with E-state index in [2.05, 4.69) is 30.7 Å². The molecule has 17 heavy (non-hydrogen) atoms. The van der Waals surface area contributed by atoms with Crippen LogP contribution in [0.4, 0.5) is 5.95 Å². The number of pyridine rings is 1. The highest BCUT2D eigenvalue weighted by Crippen LogP contribution is 1.92. The number of aromatic amines is 1. The van der Waals surface area contributed by atoms with Crippen LogP contribution in [0.15, 0.2) is 34.3 Å². The van der Waals surface area contributed by atoms with E-state index in [0.29, 0.717) is 11.4 Å². The van der Waals surface area contributed by atoms with E-state index in [1.54, 1.807) is 19.2 Å². The Morgan fingerprint density at radius 2 is 2.29 bits per heavy atom. The maximum atomic E-state index is 11.2.